The number of aryl methyl sites for hydroxylation is 1. The van der Waals surface area contributed by atoms with E-state index in [1.807, 2.05) is 42.3 Å². The molecule has 3 heterocycles. The first-order chi connectivity index (χ1) is 11.7. The first-order valence-electron chi connectivity index (χ1n) is 8.55. The van der Waals surface area contributed by atoms with Gasteiger partial charge in [0.1, 0.15) is 17.5 Å². The molecule has 0 radical (unpaired) electrons. The van der Waals surface area contributed by atoms with E-state index >= 15 is 0 Å². The van der Waals surface area contributed by atoms with Crippen molar-refractivity contribution in [1.29, 1.82) is 0 Å². The Hall–Kier alpha value is -2.11. The maximum Gasteiger partial charge on any atom is 0.137 e. The summed E-state index contributed by atoms with van der Waals surface area (Å²) in [6.45, 7) is 2.80. The minimum absolute atomic E-state index is 0.220. The van der Waals surface area contributed by atoms with E-state index < -0.39 is 6.10 Å². The van der Waals surface area contributed by atoms with Crippen LogP contribution < -0.4 is 0 Å². The second kappa shape index (κ2) is 6.42. The monoisotopic (exact) mass is 325 g/mol. The Morgan fingerprint density at radius 1 is 1.38 bits per heavy atom. The zero-order chi connectivity index (χ0) is 16.5. The average molecular weight is 325 g/mol. The summed E-state index contributed by atoms with van der Waals surface area (Å²) in [6.07, 6.45) is 7.13. The summed E-state index contributed by atoms with van der Waals surface area (Å²) in [5, 5.41) is 11.9. The average Bonchev–Trinajstić information content (AvgIpc) is 3.21. The number of aromatic nitrogens is 2. The third kappa shape index (κ3) is 2.85. The molecule has 0 spiro atoms. The van der Waals surface area contributed by atoms with Crippen LogP contribution in [0.5, 0.6) is 0 Å². The van der Waals surface area contributed by atoms with Gasteiger partial charge in [0, 0.05) is 49.4 Å². The molecular formula is C19H23N3O2. The van der Waals surface area contributed by atoms with Crippen LogP contribution in [0.1, 0.15) is 30.3 Å². The van der Waals surface area contributed by atoms with Crippen LogP contribution >= 0.6 is 0 Å². The van der Waals surface area contributed by atoms with Crippen LogP contribution in [0.3, 0.4) is 0 Å². The molecule has 126 valence electrons. The lowest BCUT2D eigenvalue weighted by Crippen LogP contribution is -2.37. The van der Waals surface area contributed by atoms with E-state index in [9.17, 15) is 5.11 Å². The molecule has 0 amide bonds. The summed E-state index contributed by atoms with van der Waals surface area (Å²) in [7, 11) is 1.93. The molecule has 1 aliphatic heterocycles. The zero-order valence-corrected chi connectivity index (χ0v) is 13.9. The van der Waals surface area contributed by atoms with Gasteiger partial charge in [0.25, 0.3) is 0 Å². The Kier molecular flexibility index (Phi) is 4.12. The minimum atomic E-state index is -0.506. The summed E-state index contributed by atoms with van der Waals surface area (Å²) >= 11 is 0. The van der Waals surface area contributed by atoms with Gasteiger partial charge in [0.2, 0.25) is 0 Å². The number of likely N-dealkylation sites (tertiary alicyclic amines) is 1. The lowest BCUT2D eigenvalue weighted by molar-refractivity contribution is 0.0405. The number of piperidine rings is 1. The van der Waals surface area contributed by atoms with Gasteiger partial charge in [-0.1, -0.05) is 18.2 Å². The largest absolute Gasteiger partial charge is 0.464 e. The SMILES string of the molecule is Cn1ccnc1C(O)C1CCCN(Cc2coc3ccccc23)C1. The minimum Gasteiger partial charge on any atom is -0.464 e. The van der Waals surface area contributed by atoms with E-state index in [2.05, 4.69) is 16.0 Å². The molecule has 0 bridgehead atoms. The van der Waals surface area contributed by atoms with Crippen LogP contribution in [0.2, 0.25) is 0 Å². The predicted molar refractivity (Wildman–Crippen MR) is 92.4 cm³/mol. The molecule has 0 aliphatic carbocycles. The third-order valence-electron chi connectivity index (χ3n) is 5.07. The fourth-order valence-electron chi connectivity index (χ4n) is 3.76. The quantitative estimate of drug-likeness (QED) is 0.801. The van der Waals surface area contributed by atoms with Gasteiger partial charge in [0.15, 0.2) is 0 Å². The molecule has 5 nitrogen and oxygen atoms in total. The van der Waals surface area contributed by atoms with E-state index in [-0.39, 0.29) is 5.92 Å². The van der Waals surface area contributed by atoms with Crippen molar-refractivity contribution in [3.05, 3.63) is 54.3 Å². The van der Waals surface area contributed by atoms with Crippen LogP contribution in [-0.4, -0.2) is 32.6 Å². The number of fused-ring (bicyclic) bond motifs is 1. The second-order valence-electron chi connectivity index (χ2n) is 6.74. The maximum absolute atomic E-state index is 10.7. The van der Waals surface area contributed by atoms with Gasteiger partial charge < -0.3 is 14.1 Å². The van der Waals surface area contributed by atoms with Gasteiger partial charge >= 0.3 is 0 Å². The Balaban J connectivity index is 1.48. The number of aliphatic hydroxyl groups excluding tert-OH is 1. The van der Waals surface area contributed by atoms with Crippen LogP contribution in [0.25, 0.3) is 11.0 Å². The van der Waals surface area contributed by atoms with Crippen molar-refractivity contribution in [2.45, 2.75) is 25.5 Å². The standard InChI is InChI=1S/C19H23N3O2/c1-21-10-8-20-19(21)18(23)14-5-4-9-22(11-14)12-15-13-24-17-7-3-2-6-16(15)17/h2-3,6-8,10,13-14,18,23H,4-5,9,11-12H2,1H3. The van der Waals surface area contributed by atoms with Gasteiger partial charge in [-0.2, -0.15) is 0 Å². The number of imidazole rings is 1. The Morgan fingerprint density at radius 3 is 3.08 bits per heavy atom. The van der Waals surface area contributed by atoms with Gasteiger partial charge in [-0.25, -0.2) is 4.98 Å². The highest BCUT2D eigenvalue weighted by molar-refractivity contribution is 5.80. The Morgan fingerprint density at radius 2 is 2.25 bits per heavy atom. The first kappa shape index (κ1) is 15.4. The molecule has 24 heavy (non-hydrogen) atoms. The first-order valence-corrected chi connectivity index (χ1v) is 8.55. The van der Waals surface area contributed by atoms with Gasteiger partial charge in [-0.05, 0) is 25.5 Å². The van der Waals surface area contributed by atoms with Crippen molar-refractivity contribution in [2.24, 2.45) is 13.0 Å². The fourth-order valence-corrected chi connectivity index (χ4v) is 3.76. The van der Waals surface area contributed by atoms with Crippen molar-refractivity contribution in [1.82, 2.24) is 14.5 Å². The van der Waals surface area contributed by atoms with E-state index in [1.54, 1.807) is 6.20 Å². The van der Waals surface area contributed by atoms with Crippen molar-refractivity contribution < 1.29 is 9.52 Å². The molecule has 3 aromatic rings. The summed E-state index contributed by atoms with van der Waals surface area (Å²) in [5.41, 5.74) is 2.16. The summed E-state index contributed by atoms with van der Waals surface area (Å²) in [4.78, 5) is 6.73. The molecule has 1 aromatic carbocycles. The number of benzene rings is 1. The number of nitrogens with zero attached hydrogens (tertiary/aromatic N) is 3. The lowest BCUT2D eigenvalue weighted by atomic mass is 9.91. The van der Waals surface area contributed by atoms with Crippen LogP contribution in [-0.2, 0) is 13.6 Å². The predicted octanol–water partition coefficient (Wildman–Crippen LogP) is 3.11. The molecule has 1 N–H and O–H groups in total. The summed E-state index contributed by atoms with van der Waals surface area (Å²) in [5.74, 6) is 0.980. The number of furan rings is 1. The molecule has 2 atom stereocenters. The van der Waals surface area contributed by atoms with Crippen LogP contribution in [0, 0.1) is 5.92 Å². The van der Waals surface area contributed by atoms with E-state index in [0.29, 0.717) is 0 Å². The topological polar surface area (TPSA) is 54.4 Å². The van der Waals surface area contributed by atoms with Crippen molar-refractivity contribution in [2.75, 3.05) is 13.1 Å². The zero-order valence-electron chi connectivity index (χ0n) is 13.9. The fraction of sp³-hybridized carbons (Fsp3) is 0.421. The molecule has 5 heteroatoms. The van der Waals surface area contributed by atoms with Crippen LogP contribution in [0.15, 0.2) is 47.3 Å². The molecule has 0 saturated carbocycles. The van der Waals surface area contributed by atoms with E-state index in [0.717, 1.165) is 43.9 Å². The van der Waals surface area contributed by atoms with E-state index in [1.165, 1.54) is 10.9 Å². The Bertz CT molecular complexity index is 823. The third-order valence-corrected chi connectivity index (χ3v) is 5.07. The molecule has 2 aromatic heterocycles. The van der Waals surface area contributed by atoms with Gasteiger partial charge in [-0.3, -0.25) is 4.90 Å². The van der Waals surface area contributed by atoms with Crippen molar-refractivity contribution in [3.8, 4) is 0 Å². The lowest BCUT2D eigenvalue weighted by Gasteiger charge is -2.34. The number of aliphatic hydroxyl groups is 1. The maximum atomic E-state index is 10.7. The van der Waals surface area contributed by atoms with Crippen molar-refractivity contribution in [3.63, 3.8) is 0 Å². The summed E-state index contributed by atoms with van der Waals surface area (Å²) in [6, 6.07) is 8.15. The molecule has 1 saturated heterocycles. The number of hydrogen-bond acceptors (Lipinski definition) is 4. The van der Waals surface area contributed by atoms with E-state index in [4.69, 9.17) is 4.42 Å². The molecule has 2 unspecified atom stereocenters. The Labute approximate surface area is 141 Å². The van der Waals surface area contributed by atoms with Gasteiger partial charge in [0.05, 0.1) is 6.26 Å². The second-order valence-corrected chi connectivity index (χ2v) is 6.74. The smallest absolute Gasteiger partial charge is 0.137 e. The highest BCUT2D eigenvalue weighted by Gasteiger charge is 2.29. The molecular weight excluding hydrogens is 302 g/mol. The molecule has 4 rings (SSSR count). The summed E-state index contributed by atoms with van der Waals surface area (Å²) < 4.78 is 7.56. The highest BCUT2D eigenvalue weighted by Crippen LogP contribution is 2.30. The normalized spacial score (nSPS) is 20.5. The van der Waals surface area contributed by atoms with Crippen molar-refractivity contribution >= 4 is 11.0 Å². The molecule has 1 fully saturated rings. The number of rotatable bonds is 4. The number of para-hydroxylation sites is 1. The van der Waals surface area contributed by atoms with Gasteiger partial charge in [-0.15, -0.1) is 0 Å². The molecule has 1 aliphatic rings. The highest BCUT2D eigenvalue weighted by atomic mass is 16.3. The number of hydrogen-bond donors (Lipinski definition) is 1. The van der Waals surface area contributed by atoms with Crippen LogP contribution in [0.4, 0.5) is 0 Å².